The standard InChI is InChI=1S/C16H26N2O2/c1-4-5-6-7-8-9-20-15-12(2)10-14(11-13(15)3)16(17)18-19/h10-11,19H,4-9H2,1-3H3,(H2,17,18). The van der Waals surface area contributed by atoms with Crippen molar-refractivity contribution in [1.82, 2.24) is 0 Å². The number of amidine groups is 1. The summed E-state index contributed by atoms with van der Waals surface area (Å²) >= 11 is 0. The lowest BCUT2D eigenvalue weighted by atomic mass is 10.1. The first-order valence-corrected chi connectivity index (χ1v) is 7.32. The van der Waals surface area contributed by atoms with Gasteiger partial charge in [-0.05, 0) is 43.5 Å². The van der Waals surface area contributed by atoms with Gasteiger partial charge in [0.2, 0.25) is 0 Å². The Bertz CT molecular complexity index is 433. The van der Waals surface area contributed by atoms with Gasteiger partial charge in [0.1, 0.15) is 5.75 Å². The molecule has 0 bridgehead atoms. The number of rotatable bonds is 8. The second-order valence-corrected chi connectivity index (χ2v) is 5.19. The van der Waals surface area contributed by atoms with Crippen LogP contribution < -0.4 is 10.5 Å². The summed E-state index contributed by atoms with van der Waals surface area (Å²) in [5.74, 6) is 1.04. The number of hydrogen-bond donors (Lipinski definition) is 2. The zero-order valence-electron chi connectivity index (χ0n) is 12.8. The number of nitrogens with zero attached hydrogens (tertiary/aromatic N) is 1. The van der Waals surface area contributed by atoms with Crippen LogP contribution in [-0.4, -0.2) is 17.6 Å². The Balaban J connectivity index is 2.58. The highest BCUT2D eigenvalue weighted by atomic mass is 16.5. The van der Waals surface area contributed by atoms with Gasteiger partial charge in [-0.2, -0.15) is 0 Å². The van der Waals surface area contributed by atoms with E-state index in [0.29, 0.717) is 0 Å². The first kappa shape index (κ1) is 16.3. The van der Waals surface area contributed by atoms with E-state index in [1.165, 1.54) is 25.7 Å². The summed E-state index contributed by atoms with van der Waals surface area (Å²) in [6.45, 7) is 6.92. The molecule has 1 aromatic rings. The molecule has 1 aromatic carbocycles. The number of oxime groups is 1. The maximum atomic E-state index is 8.72. The molecule has 0 aromatic heterocycles. The molecule has 0 aliphatic carbocycles. The van der Waals surface area contributed by atoms with Gasteiger partial charge in [0.25, 0.3) is 0 Å². The lowest BCUT2D eigenvalue weighted by Crippen LogP contribution is -2.14. The minimum atomic E-state index is 0.127. The quantitative estimate of drug-likeness (QED) is 0.250. The molecule has 0 heterocycles. The lowest BCUT2D eigenvalue weighted by molar-refractivity contribution is 0.300. The molecule has 1 rings (SSSR count). The third kappa shape index (κ3) is 4.76. The molecular weight excluding hydrogens is 252 g/mol. The number of nitrogens with two attached hydrogens (primary N) is 1. The molecule has 0 amide bonds. The van der Waals surface area contributed by atoms with Crippen molar-refractivity contribution < 1.29 is 9.94 Å². The van der Waals surface area contributed by atoms with Crippen LogP contribution in [0.25, 0.3) is 0 Å². The molecule has 0 atom stereocenters. The van der Waals surface area contributed by atoms with Crippen LogP contribution in [-0.2, 0) is 0 Å². The average molecular weight is 278 g/mol. The van der Waals surface area contributed by atoms with Crippen molar-refractivity contribution in [2.75, 3.05) is 6.61 Å². The molecule has 0 aliphatic rings. The highest BCUT2D eigenvalue weighted by Gasteiger charge is 2.08. The van der Waals surface area contributed by atoms with E-state index in [1.54, 1.807) is 0 Å². The van der Waals surface area contributed by atoms with E-state index >= 15 is 0 Å². The van der Waals surface area contributed by atoms with Crippen molar-refractivity contribution in [3.05, 3.63) is 28.8 Å². The van der Waals surface area contributed by atoms with Crippen LogP contribution in [0.15, 0.2) is 17.3 Å². The summed E-state index contributed by atoms with van der Waals surface area (Å²) < 4.78 is 5.87. The minimum Gasteiger partial charge on any atom is -0.493 e. The highest BCUT2D eigenvalue weighted by molar-refractivity contribution is 5.97. The third-order valence-electron chi connectivity index (χ3n) is 3.36. The molecule has 0 spiro atoms. The molecule has 0 saturated carbocycles. The Hall–Kier alpha value is -1.71. The number of unbranched alkanes of at least 4 members (excludes halogenated alkanes) is 4. The van der Waals surface area contributed by atoms with Crippen molar-refractivity contribution >= 4 is 5.84 Å². The van der Waals surface area contributed by atoms with Gasteiger partial charge in [-0.15, -0.1) is 0 Å². The molecule has 0 aliphatic heterocycles. The fourth-order valence-corrected chi connectivity index (χ4v) is 2.26. The summed E-state index contributed by atoms with van der Waals surface area (Å²) in [5.41, 5.74) is 8.36. The van der Waals surface area contributed by atoms with Gasteiger partial charge >= 0.3 is 0 Å². The highest BCUT2D eigenvalue weighted by Crippen LogP contribution is 2.25. The molecule has 20 heavy (non-hydrogen) atoms. The molecule has 4 heteroatoms. The van der Waals surface area contributed by atoms with E-state index in [2.05, 4.69) is 12.1 Å². The second-order valence-electron chi connectivity index (χ2n) is 5.19. The Morgan fingerprint density at radius 1 is 1.15 bits per heavy atom. The maximum absolute atomic E-state index is 8.72. The molecule has 0 unspecified atom stereocenters. The second kappa shape index (κ2) is 8.46. The van der Waals surface area contributed by atoms with Gasteiger partial charge in [-0.25, -0.2) is 0 Å². The lowest BCUT2D eigenvalue weighted by Gasteiger charge is -2.13. The largest absolute Gasteiger partial charge is 0.493 e. The molecule has 4 nitrogen and oxygen atoms in total. The molecule has 0 saturated heterocycles. The summed E-state index contributed by atoms with van der Waals surface area (Å²) in [7, 11) is 0. The molecular formula is C16H26N2O2. The SMILES string of the molecule is CCCCCCCOc1c(C)cc(C(N)=NO)cc1C. The molecule has 3 N–H and O–H groups in total. The smallest absolute Gasteiger partial charge is 0.170 e. The van der Waals surface area contributed by atoms with Crippen molar-refractivity contribution in [1.29, 1.82) is 0 Å². The third-order valence-corrected chi connectivity index (χ3v) is 3.36. The van der Waals surface area contributed by atoms with Crippen LogP contribution in [0.3, 0.4) is 0 Å². The van der Waals surface area contributed by atoms with Crippen molar-refractivity contribution in [3.8, 4) is 5.75 Å². The van der Waals surface area contributed by atoms with Crippen LogP contribution >= 0.6 is 0 Å². The topological polar surface area (TPSA) is 67.8 Å². The van der Waals surface area contributed by atoms with E-state index in [0.717, 1.165) is 35.5 Å². The van der Waals surface area contributed by atoms with Gasteiger partial charge in [0, 0.05) is 5.56 Å². The van der Waals surface area contributed by atoms with Gasteiger partial charge in [0.05, 0.1) is 6.61 Å². The summed E-state index contributed by atoms with van der Waals surface area (Å²) in [6, 6.07) is 3.77. The van der Waals surface area contributed by atoms with E-state index in [9.17, 15) is 0 Å². The predicted molar refractivity (Wildman–Crippen MR) is 82.7 cm³/mol. The van der Waals surface area contributed by atoms with Gasteiger partial charge in [-0.1, -0.05) is 37.8 Å². The van der Waals surface area contributed by atoms with Gasteiger partial charge < -0.3 is 15.7 Å². The van der Waals surface area contributed by atoms with Gasteiger partial charge in [0.15, 0.2) is 5.84 Å². The van der Waals surface area contributed by atoms with E-state index in [4.69, 9.17) is 15.7 Å². The Morgan fingerprint density at radius 2 is 1.75 bits per heavy atom. The predicted octanol–water partition coefficient (Wildman–Crippen LogP) is 3.75. The molecule has 0 fully saturated rings. The first-order valence-electron chi connectivity index (χ1n) is 7.32. The number of aryl methyl sites for hydroxylation is 2. The number of ether oxygens (including phenoxy) is 1. The summed E-state index contributed by atoms with van der Waals surface area (Å²) in [5, 5.41) is 11.7. The summed E-state index contributed by atoms with van der Waals surface area (Å²) in [6.07, 6.45) is 6.14. The monoisotopic (exact) mass is 278 g/mol. The van der Waals surface area contributed by atoms with E-state index < -0.39 is 0 Å². The fraction of sp³-hybridized carbons (Fsp3) is 0.562. The van der Waals surface area contributed by atoms with Crippen molar-refractivity contribution in [2.45, 2.75) is 52.9 Å². The number of benzene rings is 1. The maximum Gasteiger partial charge on any atom is 0.170 e. The zero-order chi connectivity index (χ0) is 15.0. The first-order chi connectivity index (χ1) is 9.60. The van der Waals surface area contributed by atoms with Crippen molar-refractivity contribution in [2.24, 2.45) is 10.9 Å². The fourth-order valence-electron chi connectivity index (χ4n) is 2.26. The van der Waals surface area contributed by atoms with Crippen LogP contribution in [0.2, 0.25) is 0 Å². The number of hydrogen-bond acceptors (Lipinski definition) is 3. The van der Waals surface area contributed by atoms with Crippen molar-refractivity contribution in [3.63, 3.8) is 0 Å². The Morgan fingerprint density at radius 3 is 2.30 bits per heavy atom. The van der Waals surface area contributed by atoms with Crippen LogP contribution in [0.5, 0.6) is 5.75 Å². The summed E-state index contributed by atoms with van der Waals surface area (Å²) in [4.78, 5) is 0. The van der Waals surface area contributed by atoms with Crippen LogP contribution in [0, 0.1) is 13.8 Å². The normalized spacial score (nSPS) is 11.7. The molecule has 0 radical (unpaired) electrons. The Kier molecular flexibility index (Phi) is 6.91. The van der Waals surface area contributed by atoms with Gasteiger partial charge in [-0.3, -0.25) is 0 Å². The van der Waals surface area contributed by atoms with Crippen LogP contribution in [0.1, 0.15) is 55.7 Å². The Labute approximate surface area is 121 Å². The average Bonchev–Trinajstić information content (AvgIpc) is 2.43. The van der Waals surface area contributed by atoms with E-state index in [-0.39, 0.29) is 5.84 Å². The van der Waals surface area contributed by atoms with Crippen LogP contribution in [0.4, 0.5) is 0 Å². The van der Waals surface area contributed by atoms with E-state index in [1.807, 2.05) is 26.0 Å². The minimum absolute atomic E-state index is 0.127. The zero-order valence-corrected chi connectivity index (χ0v) is 12.8. The molecule has 112 valence electrons.